The standard InChI is InChI=1S/C78H42O6/c1-4-10-43(11-5-1)46-16-25-64-58(37-46)55-22-31-70-73(76(55)82-64)61-40-49(19-28-67(61)79-70)52-34-53(50-20-29-68-62(41-50)74-71(80-68)32-23-56-59-38-47(44-12-6-2-7-13-44)17-26-65(59)83-77(56)74)36-54(35-52)51-21-30-69-63(42-51)75-72(81-69)33-24-57-60-39-48(45-14-8-3-9-15-45)18-27-66(60)84-78(57)75/h1-42H. The zero-order valence-electron chi connectivity index (χ0n) is 44.7. The van der Waals surface area contributed by atoms with Gasteiger partial charge < -0.3 is 26.5 Å². The molecule has 0 spiro atoms. The number of fused-ring (bicyclic) bond motifs is 21. The summed E-state index contributed by atoms with van der Waals surface area (Å²) in [5, 5.41) is 12.1. The maximum Gasteiger partial charge on any atom is 0.147 e. The Hall–Kier alpha value is -11.3. The number of hydrogen-bond donors (Lipinski definition) is 0. The van der Waals surface area contributed by atoms with E-state index in [9.17, 15) is 0 Å². The Morgan fingerprint density at radius 2 is 0.381 bits per heavy atom. The Morgan fingerprint density at radius 1 is 0.143 bits per heavy atom. The molecule has 6 heteroatoms. The second kappa shape index (κ2) is 17.1. The van der Waals surface area contributed by atoms with Crippen LogP contribution in [0.15, 0.2) is 281 Å². The summed E-state index contributed by atoms with van der Waals surface area (Å²) in [4.78, 5) is 0. The summed E-state index contributed by atoms with van der Waals surface area (Å²) < 4.78 is 40.2. The Kier molecular flexibility index (Phi) is 9.24. The quantitative estimate of drug-likeness (QED) is 0.165. The average molecular weight is 1080 g/mol. The Bertz CT molecular complexity index is 5370. The van der Waals surface area contributed by atoms with Crippen molar-refractivity contribution in [3.05, 3.63) is 255 Å². The van der Waals surface area contributed by atoms with E-state index in [1.807, 2.05) is 18.2 Å². The van der Waals surface area contributed by atoms with Crippen LogP contribution in [0.4, 0.5) is 0 Å². The summed E-state index contributed by atoms with van der Waals surface area (Å²) in [7, 11) is 0. The molecule has 0 aliphatic heterocycles. The third kappa shape index (κ3) is 6.73. The summed E-state index contributed by atoms with van der Waals surface area (Å²) in [6, 6.07) is 89.9. The monoisotopic (exact) mass is 1070 g/mol. The molecule has 0 amide bonds. The fraction of sp³-hybridized carbons (Fsp3) is 0. The van der Waals surface area contributed by atoms with Crippen LogP contribution in [0.1, 0.15) is 0 Å². The van der Waals surface area contributed by atoms with Crippen molar-refractivity contribution in [2.24, 2.45) is 0 Å². The third-order valence-electron chi connectivity index (χ3n) is 17.5. The fourth-order valence-electron chi connectivity index (χ4n) is 13.4. The molecule has 13 aromatic carbocycles. The lowest BCUT2D eigenvalue weighted by atomic mass is 9.91. The Morgan fingerprint density at radius 3 is 0.667 bits per heavy atom. The van der Waals surface area contributed by atoms with E-state index in [4.69, 9.17) is 26.5 Å². The molecule has 0 saturated carbocycles. The van der Waals surface area contributed by atoms with Crippen LogP contribution in [0, 0.1) is 0 Å². The molecular weight excluding hydrogens is 1030 g/mol. The van der Waals surface area contributed by atoms with Crippen LogP contribution >= 0.6 is 0 Å². The van der Waals surface area contributed by atoms with Gasteiger partial charge in [-0.3, -0.25) is 0 Å². The molecule has 6 heterocycles. The molecule has 84 heavy (non-hydrogen) atoms. The minimum Gasteiger partial charge on any atom is -0.456 e. The summed E-state index contributed by atoms with van der Waals surface area (Å²) in [6.45, 7) is 0. The van der Waals surface area contributed by atoms with Crippen LogP contribution in [-0.2, 0) is 0 Å². The van der Waals surface area contributed by atoms with E-state index in [-0.39, 0.29) is 0 Å². The van der Waals surface area contributed by atoms with Crippen molar-refractivity contribution in [3.8, 4) is 66.8 Å². The van der Waals surface area contributed by atoms with Crippen molar-refractivity contribution in [1.29, 1.82) is 0 Å². The molecule has 6 aromatic heterocycles. The van der Waals surface area contributed by atoms with Gasteiger partial charge in [-0.05, 0) is 194 Å². The topological polar surface area (TPSA) is 78.8 Å². The van der Waals surface area contributed by atoms with Crippen molar-refractivity contribution >= 4 is 132 Å². The first kappa shape index (κ1) is 45.4. The molecule has 0 N–H and O–H groups in total. The van der Waals surface area contributed by atoms with Gasteiger partial charge in [0.1, 0.15) is 67.0 Å². The van der Waals surface area contributed by atoms with Crippen molar-refractivity contribution in [1.82, 2.24) is 0 Å². The maximum atomic E-state index is 6.79. The Balaban J connectivity index is 0.805. The molecule has 6 nitrogen and oxygen atoms in total. The van der Waals surface area contributed by atoms with Gasteiger partial charge in [-0.2, -0.15) is 0 Å². The van der Waals surface area contributed by atoms with Crippen LogP contribution in [0.3, 0.4) is 0 Å². The second-order valence-electron chi connectivity index (χ2n) is 22.2. The molecule has 390 valence electrons. The smallest absolute Gasteiger partial charge is 0.147 e. The SMILES string of the molecule is c1ccc(-c2ccc3oc4c(ccc5oc6ccc(-c7cc(-c8ccc9oc%10ccc%11c%12cc(-c%13ccccc%13)ccc%12oc%11c%10c9c8)cc(-c8ccc9oc%10ccc%11c%12cc(-c%13ccccc%13)ccc%12oc%11c%10c9c8)c7)cc6c54)c3c2)cc1. The summed E-state index contributed by atoms with van der Waals surface area (Å²) in [6.07, 6.45) is 0. The summed E-state index contributed by atoms with van der Waals surface area (Å²) >= 11 is 0. The average Bonchev–Trinajstić information content (AvgIpc) is 2.47. The number of hydrogen-bond acceptors (Lipinski definition) is 6. The van der Waals surface area contributed by atoms with E-state index in [0.717, 1.165) is 198 Å². The molecule has 0 saturated heterocycles. The molecule has 0 atom stereocenters. The first-order chi connectivity index (χ1) is 41.5. The predicted octanol–water partition coefficient (Wildman–Crippen LogP) is 23.1. The van der Waals surface area contributed by atoms with Crippen LogP contribution < -0.4 is 0 Å². The molecule has 0 aliphatic carbocycles. The molecular formula is C78H42O6. The molecule has 0 aliphatic rings. The van der Waals surface area contributed by atoms with Gasteiger partial charge in [0.25, 0.3) is 0 Å². The van der Waals surface area contributed by atoms with Crippen LogP contribution in [0.2, 0.25) is 0 Å². The van der Waals surface area contributed by atoms with Crippen LogP contribution in [0.25, 0.3) is 198 Å². The van der Waals surface area contributed by atoms with E-state index >= 15 is 0 Å². The molecule has 0 fully saturated rings. The van der Waals surface area contributed by atoms with Gasteiger partial charge >= 0.3 is 0 Å². The number of benzene rings is 13. The second-order valence-corrected chi connectivity index (χ2v) is 22.2. The molecule has 0 unspecified atom stereocenters. The van der Waals surface area contributed by atoms with E-state index in [1.54, 1.807) is 0 Å². The Labute approximate surface area is 477 Å². The van der Waals surface area contributed by atoms with Gasteiger partial charge in [-0.15, -0.1) is 0 Å². The molecule has 19 rings (SSSR count). The predicted molar refractivity (Wildman–Crippen MR) is 343 cm³/mol. The largest absolute Gasteiger partial charge is 0.456 e. The van der Waals surface area contributed by atoms with Gasteiger partial charge in [-0.1, -0.05) is 127 Å². The zero-order valence-corrected chi connectivity index (χ0v) is 44.7. The highest BCUT2D eigenvalue weighted by molar-refractivity contribution is 6.25. The molecule has 0 radical (unpaired) electrons. The fourth-order valence-corrected chi connectivity index (χ4v) is 13.4. The van der Waals surface area contributed by atoms with Crippen molar-refractivity contribution < 1.29 is 26.5 Å². The first-order valence-electron chi connectivity index (χ1n) is 28.3. The summed E-state index contributed by atoms with van der Waals surface area (Å²) in [5.41, 5.74) is 22.8. The molecule has 19 aromatic rings. The maximum absolute atomic E-state index is 6.79. The highest BCUT2D eigenvalue weighted by atomic mass is 16.4. The van der Waals surface area contributed by atoms with Crippen molar-refractivity contribution in [3.63, 3.8) is 0 Å². The van der Waals surface area contributed by atoms with Gasteiger partial charge in [0.15, 0.2) is 0 Å². The lowest BCUT2D eigenvalue weighted by Crippen LogP contribution is -1.87. The highest BCUT2D eigenvalue weighted by Gasteiger charge is 2.23. The summed E-state index contributed by atoms with van der Waals surface area (Å²) in [5.74, 6) is 0. The van der Waals surface area contributed by atoms with E-state index < -0.39 is 0 Å². The van der Waals surface area contributed by atoms with Crippen molar-refractivity contribution in [2.45, 2.75) is 0 Å². The molecule has 0 bridgehead atoms. The van der Waals surface area contributed by atoms with Gasteiger partial charge in [0.05, 0.1) is 16.2 Å². The van der Waals surface area contributed by atoms with E-state index in [1.165, 1.54) is 0 Å². The highest BCUT2D eigenvalue weighted by Crippen LogP contribution is 2.47. The number of rotatable bonds is 6. The van der Waals surface area contributed by atoms with Crippen LogP contribution in [0.5, 0.6) is 0 Å². The van der Waals surface area contributed by atoms with Gasteiger partial charge in [0, 0.05) is 48.5 Å². The zero-order chi connectivity index (χ0) is 54.7. The minimum atomic E-state index is 0.776. The van der Waals surface area contributed by atoms with Gasteiger partial charge in [-0.25, -0.2) is 0 Å². The first-order valence-corrected chi connectivity index (χ1v) is 28.3. The van der Waals surface area contributed by atoms with Crippen molar-refractivity contribution in [2.75, 3.05) is 0 Å². The third-order valence-corrected chi connectivity index (χ3v) is 17.5. The van der Waals surface area contributed by atoms with Gasteiger partial charge in [0.2, 0.25) is 0 Å². The minimum absolute atomic E-state index is 0.776. The normalized spacial score (nSPS) is 12.3. The number of furan rings is 6. The van der Waals surface area contributed by atoms with E-state index in [2.05, 4.69) is 237 Å². The lowest BCUT2D eigenvalue weighted by molar-refractivity contribution is 0.662. The lowest BCUT2D eigenvalue weighted by Gasteiger charge is -2.12. The van der Waals surface area contributed by atoms with Crippen LogP contribution in [-0.4, -0.2) is 0 Å². The van der Waals surface area contributed by atoms with E-state index in [0.29, 0.717) is 0 Å².